The minimum absolute atomic E-state index is 0. The van der Waals surface area contributed by atoms with Gasteiger partial charge in [-0.25, -0.2) is 8.42 Å². The molecule has 0 radical (unpaired) electrons. The topological polar surface area (TPSA) is 73.8 Å². The fourth-order valence-corrected chi connectivity index (χ4v) is 4.38. The van der Waals surface area contributed by atoms with Crippen LogP contribution in [0.1, 0.15) is 33.6 Å². The third-order valence-electron chi connectivity index (χ3n) is 4.23. The number of hydrogen-bond donors (Lipinski definition) is 2. The van der Waals surface area contributed by atoms with E-state index in [1.54, 1.807) is 28.6 Å². The highest BCUT2D eigenvalue weighted by atomic mass is 127. The van der Waals surface area contributed by atoms with Crippen molar-refractivity contribution >= 4 is 40.0 Å². The third-order valence-corrected chi connectivity index (χ3v) is 6.14. The van der Waals surface area contributed by atoms with Crippen molar-refractivity contribution in [2.75, 3.05) is 26.2 Å². The largest absolute Gasteiger partial charge is 0.357 e. The molecule has 0 unspecified atom stereocenters. The smallest absolute Gasteiger partial charge is 0.243 e. The second-order valence-electron chi connectivity index (χ2n) is 6.68. The minimum atomic E-state index is -3.37. The predicted molar refractivity (Wildman–Crippen MR) is 118 cm³/mol. The second kappa shape index (κ2) is 11.1. The summed E-state index contributed by atoms with van der Waals surface area (Å²) in [7, 11) is -3.37. The molecule has 1 aliphatic heterocycles. The third kappa shape index (κ3) is 6.70. The first-order valence-corrected chi connectivity index (χ1v) is 10.5. The first kappa shape index (κ1) is 23.2. The van der Waals surface area contributed by atoms with Crippen molar-refractivity contribution in [1.29, 1.82) is 0 Å². The maximum atomic E-state index is 12.6. The number of benzene rings is 1. The Labute approximate surface area is 174 Å². The van der Waals surface area contributed by atoms with E-state index < -0.39 is 10.0 Å². The maximum absolute atomic E-state index is 12.6. The molecule has 1 heterocycles. The van der Waals surface area contributed by atoms with Crippen molar-refractivity contribution in [2.24, 2.45) is 10.9 Å². The number of aliphatic imine (C=N–C) groups is 1. The monoisotopic (exact) mass is 494 g/mol. The first-order chi connectivity index (χ1) is 11.9. The maximum Gasteiger partial charge on any atom is 0.243 e. The molecule has 6 nitrogen and oxygen atoms in total. The molecule has 0 aliphatic carbocycles. The van der Waals surface area contributed by atoms with E-state index in [0.717, 1.165) is 31.9 Å². The molecule has 0 aromatic heterocycles. The fourth-order valence-electron chi connectivity index (χ4n) is 2.89. The van der Waals surface area contributed by atoms with Crippen LogP contribution in [0.2, 0.25) is 0 Å². The quantitative estimate of drug-likeness (QED) is 0.363. The number of halogens is 1. The Morgan fingerprint density at radius 2 is 1.85 bits per heavy atom. The number of rotatable bonds is 6. The zero-order chi connectivity index (χ0) is 18.3. The molecule has 8 heteroatoms. The van der Waals surface area contributed by atoms with Crippen molar-refractivity contribution in [3.05, 3.63) is 30.3 Å². The van der Waals surface area contributed by atoms with Crippen molar-refractivity contribution in [3.63, 3.8) is 0 Å². The summed E-state index contributed by atoms with van der Waals surface area (Å²) in [5, 5.41) is 6.55. The number of hydrogen-bond acceptors (Lipinski definition) is 3. The lowest BCUT2D eigenvalue weighted by molar-refractivity contribution is 0.278. The van der Waals surface area contributed by atoms with Gasteiger partial charge in [-0.3, -0.25) is 4.99 Å². The normalized spacial score (nSPS) is 17.0. The Kier molecular flexibility index (Phi) is 9.88. The van der Waals surface area contributed by atoms with Gasteiger partial charge in [0.2, 0.25) is 10.0 Å². The van der Waals surface area contributed by atoms with Gasteiger partial charge < -0.3 is 10.6 Å². The van der Waals surface area contributed by atoms with E-state index in [4.69, 9.17) is 0 Å². The number of sulfonamides is 1. The molecule has 0 bridgehead atoms. The lowest BCUT2D eigenvalue weighted by Crippen LogP contribution is -2.42. The number of nitrogens with zero attached hydrogens (tertiary/aromatic N) is 2. The number of piperidine rings is 1. The second-order valence-corrected chi connectivity index (χ2v) is 8.62. The van der Waals surface area contributed by atoms with Gasteiger partial charge in [-0.15, -0.1) is 24.0 Å². The molecular formula is C18H31IN4O2S. The average Bonchev–Trinajstić information content (AvgIpc) is 2.60. The SMILES string of the molecule is CCNC(=NCC1CCN(S(=O)(=O)c2ccccc2)CC1)NC(C)C.I. The fraction of sp³-hybridized carbons (Fsp3) is 0.611. The standard InChI is InChI=1S/C18H30N4O2S.HI/c1-4-19-18(21-15(2)3)20-14-16-10-12-22(13-11-16)25(23,24)17-8-6-5-7-9-17;/h5-9,15-16H,4,10-14H2,1-3H3,(H2,19,20,21);1H. The van der Waals surface area contributed by atoms with Gasteiger partial charge in [-0.1, -0.05) is 18.2 Å². The highest BCUT2D eigenvalue weighted by Crippen LogP contribution is 2.23. The van der Waals surface area contributed by atoms with Gasteiger partial charge in [-0.2, -0.15) is 4.31 Å². The summed E-state index contributed by atoms with van der Waals surface area (Å²) in [6.45, 7) is 8.88. The van der Waals surface area contributed by atoms with E-state index in [0.29, 0.717) is 29.9 Å². The van der Waals surface area contributed by atoms with Crippen LogP contribution >= 0.6 is 24.0 Å². The van der Waals surface area contributed by atoms with E-state index >= 15 is 0 Å². The molecule has 0 atom stereocenters. The molecule has 1 aromatic carbocycles. The number of nitrogens with one attached hydrogen (secondary N) is 2. The van der Waals surface area contributed by atoms with E-state index in [-0.39, 0.29) is 24.0 Å². The predicted octanol–water partition coefficient (Wildman–Crippen LogP) is 2.67. The molecule has 0 saturated carbocycles. The summed E-state index contributed by atoms with van der Waals surface area (Å²) in [4.78, 5) is 5.03. The molecule has 0 spiro atoms. The Morgan fingerprint density at radius 1 is 1.23 bits per heavy atom. The van der Waals surface area contributed by atoms with Gasteiger partial charge in [-0.05, 0) is 51.7 Å². The highest BCUT2D eigenvalue weighted by molar-refractivity contribution is 14.0. The molecule has 2 N–H and O–H groups in total. The average molecular weight is 494 g/mol. The Balaban J connectivity index is 0.00000338. The molecule has 1 aromatic rings. The van der Waals surface area contributed by atoms with Crippen LogP contribution < -0.4 is 10.6 Å². The molecule has 2 rings (SSSR count). The molecule has 148 valence electrons. The van der Waals surface area contributed by atoms with Gasteiger partial charge in [0.05, 0.1) is 4.90 Å². The van der Waals surface area contributed by atoms with Crippen LogP contribution in [-0.4, -0.2) is 50.9 Å². The van der Waals surface area contributed by atoms with Crippen LogP contribution in [0.5, 0.6) is 0 Å². The van der Waals surface area contributed by atoms with Crippen LogP contribution in [0.15, 0.2) is 40.2 Å². The Bertz CT molecular complexity index is 657. The number of guanidine groups is 1. The molecule has 1 saturated heterocycles. The van der Waals surface area contributed by atoms with Crippen LogP contribution in [-0.2, 0) is 10.0 Å². The molecule has 1 fully saturated rings. The zero-order valence-corrected chi connectivity index (χ0v) is 19.0. The van der Waals surface area contributed by atoms with Gasteiger partial charge in [0.15, 0.2) is 5.96 Å². The minimum Gasteiger partial charge on any atom is -0.357 e. The van der Waals surface area contributed by atoms with Gasteiger partial charge >= 0.3 is 0 Å². The Morgan fingerprint density at radius 3 is 2.38 bits per heavy atom. The molecule has 1 aliphatic rings. The van der Waals surface area contributed by atoms with E-state index in [1.807, 2.05) is 13.0 Å². The summed E-state index contributed by atoms with van der Waals surface area (Å²) in [5.74, 6) is 1.25. The van der Waals surface area contributed by atoms with Gasteiger partial charge in [0.25, 0.3) is 0 Å². The van der Waals surface area contributed by atoms with E-state index in [9.17, 15) is 8.42 Å². The summed E-state index contributed by atoms with van der Waals surface area (Å²) >= 11 is 0. The van der Waals surface area contributed by atoms with Crippen molar-refractivity contribution in [1.82, 2.24) is 14.9 Å². The summed E-state index contributed by atoms with van der Waals surface area (Å²) in [6.07, 6.45) is 1.69. The van der Waals surface area contributed by atoms with Crippen molar-refractivity contribution in [2.45, 2.75) is 44.6 Å². The van der Waals surface area contributed by atoms with E-state index in [2.05, 4.69) is 29.5 Å². The summed E-state index contributed by atoms with van der Waals surface area (Å²) in [5.41, 5.74) is 0. The molecular weight excluding hydrogens is 463 g/mol. The van der Waals surface area contributed by atoms with Gasteiger partial charge in [0, 0.05) is 32.2 Å². The molecule has 0 amide bonds. The van der Waals surface area contributed by atoms with Crippen LogP contribution in [0.3, 0.4) is 0 Å². The Hall–Kier alpha value is -0.870. The van der Waals surface area contributed by atoms with Crippen molar-refractivity contribution in [3.8, 4) is 0 Å². The van der Waals surface area contributed by atoms with Crippen LogP contribution in [0.25, 0.3) is 0 Å². The summed E-state index contributed by atoms with van der Waals surface area (Å²) in [6, 6.07) is 9.00. The lowest BCUT2D eigenvalue weighted by atomic mass is 9.98. The van der Waals surface area contributed by atoms with Crippen LogP contribution in [0.4, 0.5) is 0 Å². The van der Waals surface area contributed by atoms with Gasteiger partial charge in [0.1, 0.15) is 0 Å². The zero-order valence-electron chi connectivity index (χ0n) is 15.8. The molecule has 26 heavy (non-hydrogen) atoms. The summed E-state index contributed by atoms with van der Waals surface area (Å²) < 4.78 is 26.9. The first-order valence-electron chi connectivity index (χ1n) is 9.03. The lowest BCUT2D eigenvalue weighted by Gasteiger charge is -2.30. The highest BCUT2D eigenvalue weighted by Gasteiger charge is 2.29. The van der Waals surface area contributed by atoms with E-state index in [1.165, 1.54) is 0 Å². The van der Waals surface area contributed by atoms with Crippen LogP contribution in [0, 0.1) is 5.92 Å². The van der Waals surface area contributed by atoms with Crippen molar-refractivity contribution < 1.29 is 8.42 Å².